The third-order valence-electron chi connectivity index (χ3n) is 2.37. The molecule has 0 aromatic heterocycles. The summed E-state index contributed by atoms with van der Waals surface area (Å²) in [4.78, 5) is 22.5. The van der Waals surface area contributed by atoms with Crippen LogP contribution in [0.4, 0.5) is 0 Å². The zero-order valence-electron chi connectivity index (χ0n) is 8.71. The van der Waals surface area contributed by atoms with Gasteiger partial charge < -0.3 is 4.74 Å². The molecule has 78 valence electrons. The first kappa shape index (κ1) is 11.0. The van der Waals surface area contributed by atoms with E-state index in [4.69, 9.17) is 4.74 Å². The Kier molecular flexibility index (Phi) is 3.86. The maximum absolute atomic E-state index is 11.4. The van der Waals surface area contributed by atoms with Crippen molar-refractivity contribution in [3.8, 4) is 0 Å². The number of ketones is 1. The van der Waals surface area contributed by atoms with Crippen LogP contribution in [0.25, 0.3) is 0 Å². The normalized spacial score (nSPS) is 25.1. The van der Waals surface area contributed by atoms with Gasteiger partial charge in [-0.1, -0.05) is 6.92 Å². The second kappa shape index (κ2) is 4.94. The van der Waals surface area contributed by atoms with Crippen LogP contribution < -0.4 is 0 Å². The number of rotatable bonds is 2. The Hall–Kier alpha value is -1.12. The number of Topliss-reactive ketones (excluding diaryl/α,β-unsaturated/α-hetero) is 1. The molecule has 3 nitrogen and oxygen atoms in total. The van der Waals surface area contributed by atoms with Crippen molar-refractivity contribution in [3.05, 3.63) is 11.6 Å². The van der Waals surface area contributed by atoms with E-state index in [0.29, 0.717) is 30.9 Å². The second-order valence-corrected chi connectivity index (χ2v) is 3.69. The van der Waals surface area contributed by atoms with Crippen LogP contribution in [0.5, 0.6) is 0 Å². The van der Waals surface area contributed by atoms with Crippen molar-refractivity contribution in [1.29, 1.82) is 0 Å². The Morgan fingerprint density at radius 1 is 1.64 bits per heavy atom. The molecule has 0 aromatic carbocycles. The number of hydrogen-bond donors (Lipinski definition) is 0. The Bertz CT molecular complexity index is 266. The van der Waals surface area contributed by atoms with Crippen molar-refractivity contribution in [1.82, 2.24) is 0 Å². The van der Waals surface area contributed by atoms with Crippen LogP contribution in [0.15, 0.2) is 11.6 Å². The van der Waals surface area contributed by atoms with Crippen LogP contribution in [0.2, 0.25) is 0 Å². The van der Waals surface area contributed by atoms with E-state index in [1.165, 1.54) is 6.08 Å². The van der Waals surface area contributed by atoms with Gasteiger partial charge in [0.25, 0.3) is 0 Å². The molecule has 3 heteroatoms. The van der Waals surface area contributed by atoms with Gasteiger partial charge in [-0.15, -0.1) is 0 Å². The van der Waals surface area contributed by atoms with Crippen molar-refractivity contribution in [2.75, 3.05) is 6.61 Å². The second-order valence-electron chi connectivity index (χ2n) is 3.69. The Labute approximate surface area is 84.1 Å². The van der Waals surface area contributed by atoms with Crippen LogP contribution in [-0.4, -0.2) is 18.4 Å². The highest BCUT2D eigenvalue weighted by molar-refractivity contribution is 6.01. The largest absolute Gasteiger partial charge is 0.463 e. The molecular weight excluding hydrogens is 180 g/mol. The summed E-state index contributed by atoms with van der Waals surface area (Å²) in [6.07, 6.45) is 3.55. The number of carbonyl (C=O) groups excluding carboxylic acids is 2. The molecule has 1 rings (SSSR count). The predicted molar refractivity (Wildman–Crippen MR) is 52.7 cm³/mol. The highest BCUT2D eigenvalue weighted by atomic mass is 16.5. The number of ether oxygens (including phenoxy) is 1. The van der Waals surface area contributed by atoms with E-state index in [1.807, 2.05) is 0 Å². The van der Waals surface area contributed by atoms with E-state index < -0.39 is 5.97 Å². The Morgan fingerprint density at radius 2 is 2.36 bits per heavy atom. The highest BCUT2D eigenvalue weighted by Crippen LogP contribution is 2.25. The summed E-state index contributed by atoms with van der Waals surface area (Å²) in [5, 5.41) is 0. The number of esters is 1. The molecular formula is C11H16O3. The van der Waals surface area contributed by atoms with Gasteiger partial charge in [-0.25, -0.2) is 4.79 Å². The van der Waals surface area contributed by atoms with Crippen LogP contribution in [0, 0.1) is 5.92 Å². The highest BCUT2D eigenvalue weighted by Gasteiger charge is 2.21. The summed E-state index contributed by atoms with van der Waals surface area (Å²) in [6, 6.07) is 0. The van der Waals surface area contributed by atoms with Gasteiger partial charge in [0.15, 0.2) is 5.78 Å². The summed E-state index contributed by atoms with van der Waals surface area (Å²) >= 11 is 0. The molecule has 0 radical (unpaired) electrons. The van der Waals surface area contributed by atoms with Crippen molar-refractivity contribution in [2.45, 2.75) is 33.1 Å². The molecule has 0 aliphatic heterocycles. The average molecular weight is 196 g/mol. The lowest BCUT2D eigenvalue weighted by atomic mass is 9.86. The van der Waals surface area contributed by atoms with Gasteiger partial charge in [0.1, 0.15) is 0 Å². The van der Waals surface area contributed by atoms with E-state index >= 15 is 0 Å². The summed E-state index contributed by atoms with van der Waals surface area (Å²) < 4.78 is 4.76. The standard InChI is InChI=1S/C11H16O3/c1-3-14-11(13)7-9-6-8(2)4-5-10(9)12/h7-8H,3-6H2,1-2H3/b9-7+. The lowest BCUT2D eigenvalue weighted by Crippen LogP contribution is -2.16. The first-order valence-corrected chi connectivity index (χ1v) is 5.04. The molecule has 0 bridgehead atoms. The van der Waals surface area contributed by atoms with Gasteiger partial charge in [-0.2, -0.15) is 0 Å². The molecule has 0 aromatic rings. The molecule has 0 N–H and O–H groups in total. The van der Waals surface area contributed by atoms with Gasteiger partial charge in [0.2, 0.25) is 0 Å². The summed E-state index contributed by atoms with van der Waals surface area (Å²) in [5.41, 5.74) is 0.627. The fourth-order valence-corrected chi connectivity index (χ4v) is 1.59. The van der Waals surface area contributed by atoms with E-state index in [0.717, 1.165) is 6.42 Å². The third-order valence-corrected chi connectivity index (χ3v) is 2.37. The monoisotopic (exact) mass is 196 g/mol. The van der Waals surface area contributed by atoms with E-state index in [9.17, 15) is 9.59 Å². The first-order valence-electron chi connectivity index (χ1n) is 5.04. The van der Waals surface area contributed by atoms with Crippen molar-refractivity contribution < 1.29 is 14.3 Å². The maximum atomic E-state index is 11.4. The minimum atomic E-state index is -0.398. The van der Waals surface area contributed by atoms with Gasteiger partial charge >= 0.3 is 5.97 Å². The van der Waals surface area contributed by atoms with Crippen molar-refractivity contribution >= 4 is 11.8 Å². The van der Waals surface area contributed by atoms with E-state index in [1.54, 1.807) is 6.92 Å². The SMILES string of the molecule is CCOC(=O)/C=C1\CC(C)CCC1=O. The molecule has 1 aliphatic carbocycles. The minimum Gasteiger partial charge on any atom is -0.463 e. The van der Waals surface area contributed by atoms with Gasteiger partial charge in [-0.05, 0) is 25.7 Å². The third kappa shape index (κ3) is 2.98. The minimum absolute atomic E-state index is 0.0937. The lowest BCUT2D eigenvalue weighted by Gasteiger charge is -2.18. The maximum Gasteiger partial charge on any atom is 0.331 e. The van der Waals surface area contributed by atoms with Gasteiger partial charge in [0, 0.05) is 18.1 Å². The molecule has 0 heterocycles. The van der Waals surface area contributed by atoms with Crippen LogP contribution in [-0.2, 0) is 14.3 Å². The van der Waals surface area contributed by atoms with Crippen LogP contribution in [0.3, 0.4) is 0 Å². The fourth-order valence-electron chi connectivity index (χ4n) is 1.59. The molecule has 1 atom stereocenters. The zero-order chi connectivity index (χ0) is 10.6. The molecule has 1 unspecified atom stereocenters. The quantitative estimate of drug-likeness (QED) is 0.500. The Balaban J connectivity index is 2.64. The topological polar surface area (TPSA) is 43.4 Å². The number of allylic oxidation sites excluding steroid dienone is 1. The molecule has 0 amide bonds. The summed E-state index contributed by atoms with van der Waals surface area (Å²) in [5.74, 6) is 0.189. The van der Waals surface area contributed by atoms with Gasteiger partial charge in [-0.3, -0.25) is 4.79 Å². The molecule has 14 heavy (non-hydrogen) atoms. The molecule has 1 saturated carbocycles. The van der Waals surface area contributed by atoms with Crippen molar-refractivity contribution in [3.63, 3.8) is 0 Å². The lowest BCUT2D eigenvalue weighted by molar-refractivity contribution is -0.137. The first-order chi connectivity index (χ1) is 6.63. The van der Waals surface area contributed by atoms with E-state index in [-0.39, 0.29) is 5.78 Å². The van der Waals surface area contributed by atoms with Crippen LogP contribution in [0.1, 0.15) is 33.1 Å². The zero-order valence-corrected chi connectivity index (χ0v) is 8.71. The predicted octanol–water partition coefficient (Wildman–Crippen LogP) is 1.86. The Morgan fingerprint density at radius 3 is 3.00 bits per heavy atom. The summed E-state index contributed by atoms with van der Waals surface area (Å²) in [7, 11) is 0. The molecule has 1 aliphatic rings. The number of carbonyl (C=O) groups is 2. The van der Waals surface area contributed by atoms with Gasteiger partial charge in [0.05, 0.1) is 6.61 Å². The van der Waals surface area contributed by atoms with Crippen molar-refractivity contribution in [2.24, 2.45) is 5.92 Å². The average Bonchev–Trinajstić information content (AvgIpc) is 2.12. The van der Waals surface area contributed by atoms with Crippen LogP contribution >= 0.6 is 0 Å². The van der Waals surface area contributed by atoms with E-state index in [2.05, 4.69) is 6.92 Å². The smallest absolute Gasteiger partial charge is 0.331 e. The molecule has 0 spiro atoms. The summed E-state index contributed by atoms with van der Waals surface area (Å²) in [6.45, 7) is 4.19. The fraction of sp³-hybridized carbons (Fsp3) is 0.636. The molecule has 1 fully saturated rings. The molecule has 0 saturated heterocycles. The number of hydrogen-bond acceptors (Lipinski definition) is 3.